The Labute approximate surface area is 167 Å². The van der Waals surface area contributed by atoms with Gasteiger partial charge < -0.3 is 5.11 Å². The summed E-state index contributed by atoms with van der Waals surface area (Å²) in [6.45, 7) is 3.89. The van der Waals surface area contributed by atoms with E-state index in [0.29, 0.717) is 10.8 Å². The topological polar surface area (TPSA) is 65.5 Å². The van der Waals surface area contributed by atoms with Crippen LogP contribution in [0, 0.1) is 6.92 Å². The Bertz CT molecular complexity index is 942. The fourth-order valence-electron chi connectivity index (χ4n) is 2.59. The Balaban J connectivity index is 1.71. The number of carbonyl (C=O) groups excluding carboxylic acids is 1. The smallest absolute Gasteiger partial charge is 0.252 e. The van der Waals surface area contributed by atoms with Crippen LogP contribution >= 0.6 is 23.1 Å². The van der Waals surface area contributed by atoms with E-state index in [1.54, 1.807) is 6.20 Å². The monoisotopic (exact) mass is 399 g/mol. The molecule has 3 rings (SSSR count). The maximum atomic E-state index is 12.4. The molecule has 0 unspecified atom stereocenters. The van der Waals surface area contributed by atoms with Crippen molar-refractivity contribution in [3.05, 3.63) is 64.8 Å². The lowest BCUT2D eigenvalue weighted by Crippen LogP contribution is -2.23. The van der Waals surface area contributed by atoms with Crippen LogP contribution in [0.3, 0.4) is 0 Å². The summed E-state index contributed by atoms with van der Waals surface area (Å²) in [4.78, 5) is 17.6. The van der Waals surface area contributed by atoms with E-state index in [2.05, 4.69) is 10.4 Å². The molecule has 0 aliphatic rings. The van der Waals surface area contributed by atoms with E-state index in [-0.39, 0.29) is 5.12 Å². The van der Waals surface area contributed by atoms with Crippen molar-refractivity contribution in [2.75, 3.05) is 17.5 Å². The van der Waals surface area contributed by atoms with E-state index in [1.165, 1.54) is 23.1 Å². The molecule has 0 fully saturated rings. The number of aryl methyl sites for hydroxylation is 2. The van der Waals surface area contributed by atoms with E-state index in [0.717, 1.165) is 33.1 Å². The van der Waals surface area contributed by atoms with Crippen LogP contribution < -0.4 is 10.4 Å². The molecule has 2 aromatic carbocycles. The van der Waals surface area contributed by atoms with E-state index < -0.39 is 0 Å². The standard InChI is InChI=1S/C20H21N3O2S2/c1-4-14-11-15(10-13(2)18(14)24)22-23(3)17-12-21-19(27-17)20(25)26-16-8-6-5-7-9-16/h5-12,22,24H,4H2,1-3H3. The van der Waals surface area contributed by atoms with Crippen LogP contribution in [-0.2, 0) is 6.42 Å². The number of anilines is 2. The number of phenolic OH excluding ortho intramolecular Hbond substituents is 1. The van der Waals surface area contributed by atoms with Crippen molar-refractivity contribution in [1.82, 2.24) is 4.98 Å². The summed E-state index contributed by atoms with van der Waals surface area (Å²) >= 11 is 2.51. The summed E-state index contributed by atoms with van der Waals surface area (Å²) in [7, 11) is 1.87. The fourth-order valence-corrected chi connectivity index (χ4v) is 4.16. The van der Waals surface area contributed by atoms with Crippen molar-refractivity contribution in [2.24, 2.45) is 0 Å². The maximum absolute atomic E-state index is 12.4. The van der Waals surface area contributed by atoms with Crippen LogP contribution in [0.5, 0.6) is 5.75 Å². The SMILES string of the molecule is CCc1cc(NN(C)c2cnc(C(=O)Sc3ccccc3)s2)cc(C)c1O. The van der Waals surface area contributed by atoms with Crippen molar-refractivity contribution in [2.45, 2.75) is 25.2 Å². The van der Waals surface area contributed by atoms with Gasteiger partial charge in [0.05, 0.1) is 11.9 Å². The summed E-state index contributed by atoms with van der Waals surface area (Å²) in [6, 6.07) is 13.4. The number of thioether (sulfide) groups is 1. The fraction of sp³-hybridized carbons (Fsp3) is 0.200. The van der Waals surface area contributed by atoms with Gasteiger partial charge in [0.25, 0.3) is 5.12 Å². The summed E-state index contributed by atoms with van der Waals surface area (Å²) in [5, 5.41) is 13.1. The minimum Gasteiger partial charge on any atom is -0.507 e. The Kier molecular flexibility index (Phi) is 6.03. The van der Waals surface area contributed by atoms with Crippen molar-refractivity contribution >= 4 is 38.9 Å². The number of hydrogen-bond donors (Lipinski definition) is 2. The highest BCUT2D eigenvalue weighted by Crippen LogP contribution is 2.31. The first-order chi connectivity index (χ1) is 13.0. The molecule has 2 N–H and O–H groups in total. The average molecular weight is 400 g/mol. The van der Waals surface area contributed by atoms with E-state index in [1.807, 2.05) is 68.4 Å². The lowest BCUT2D eigenvalue weighted by atomic mass is 10.1. The van der Waals surface area contributed by atoms with Crippen LogP contribution in [0.1, 0.15) is 27.9 Å². The minimum absolute atomic E-state index is 0.0698. The highest BCUT2D eigenvalue weighted by Gasteiger charge is 2.15. The molecular weight excluding hydrogens is 378 g/mol. The zero-order valence-corrected chi connectivity index (χ0v) is 17.0. The Morgan fingerprint density at radius 3 is 2.74 bits per heavy atom. The highest BCUT2D eigenvalue weighted by molar-refractivity contribution is 8.14. The molecule has 140 valence electrons. The highest BCUT2D eigenvalue weighted by atomic mass is 32.2. The van der Waals surface area contributed by atoms with Crippen molar-refractivity contribution in [3.8, 4) is 5.75 Å². The predicted octanol–water partition coefficient (Wildman–Crippen LogP) is 5.12. The molecule has 0 amide bonds. The largest absolute Gasteiger partial charge is 0.507 e. The number of nitrogens with one attached hydrogen (secondary N) is 1. The lowest BCUT2D eigenvalue weighted by Gasteiger charge is -2.20. The second-order valence-electron chi connectivity index (χ2n) is 6.03. The molecule has 0 radical (unpaired) electrons. The number of aromatic hydroxyl groups is 1. The van der Waals surface area contributed by atoms with Crippen molar-refractivity contribution in [3.63, 3.8) is 0 Å². The number of thiazole rings is 1. The van der Waals surface area contributed by atoms with E-state index >= 15 is 0 Å². The zero-order valence-electron chi connectivity index (χ0n) is 15.4. The van der Waals surface area contributed by atoms with E-state index in [9.17, 15) is 9.90 Å². The van der Waals surface area contributed by atoms with Gasteiger partial charge in [0.1, 0.15) is 10.8 Å². The molecule has 5 nitrogen and oxygen atoms in total. The number of rotatable bonds is 6. The Morgan fingerprint density at radius 1 is 1.30 bits per heavy atom. The van der Waals surface area contributed by atoms with Crippen molar-refractivity contribution < 1.29 is 9.90 Å². The van der Waals surface area contributed by atoms with E-state index in [4.69, 9.17) is 0 Å². The number of hydrazine groups is 1. The molecule has 1 aromatic heterocycles. The maximum Gasteiger partial charge on any atom is 0.252 e. The molecule has 1 heterocycles. The summed E-state index contributed by atoms with van der Waals surface area (Å²) in [5.41, 5.74) is 5.87. The third kappa shape index (κ3) is 4.61. The molecule has 27 heavy (non-hydrogen) atoms. The van der Waals surface area contributed by atoms with Crippen LogP contribution in [-0.4, -0.2) is 22.3 Å². The van der Waals surface area contributed by atoms with Gasteiger partial charge >= 0.3 is 0 Å². The molecule has 7 heteroatoms. The van der Waals surface area contributed by atoms with Gasteiger partial charge in [-0.25, -0.2) is 4.98 Å². The van der Waals surface area contributed by atoms with Gasteiger partial charge in [0.2, 0.25) is 0 Å². The van der Waals surface area contributed by atoms with Crippen LogP contribution in [0.4, 0.5) is 10.7 Å². The second-order valence-corrected chi connectivity index (χ2v) is 8.09. The van der Waals surface area contributed by atoms with Gasteiger partial charge in [-0.1, -0.05) is 36.5 Å². The van der Waals surface area contributed by atoms with Crippen molar-refractivity contribution in [1.29, 1.82) is 0 Å². The quantitative estimate of drug-likeness (QED) is 0.341. The van der Waals surface area contributed by atoms with Gasteiger partial charge in [-0.2, -0.15) is 0 Å². The number of phenols is 1. The molecule has 0 aliphatic heterocycles. The number of benzene rings is 2. The second kappa shape index (κ2) is 8.45. The molecule has 0 saturated carbocycles. The first-order valence-electron chi connectivity index (χ1n) is 8.54. The minimum atomic E-state index is -0.0698. The first-order valence-corrected chi connectivity index (χ1v) is 10.2. The average Bonchev–Trinajstić information content (AvgIpc) is 3.16. The lowest BCUT2D eigenvalue weighted by molar-refractivity contribution is 0.108. The van der Waals surface area contributed by atoms with Gasteiger partial charge in [0, 0.05) is 11.9 Å². The van der Waals surface area contributed by atoms with Gasteiger partial charge in [0.15, 0.2) is 5.01 Å². The van der Waals surface area contributed by atoms with Crippen LogP contribution in [0.15, 0.2) is 53.6 Å². The normalized spacial score (nSPS) is 10.6. The third-order valence-corrected chi connectivity index (χ3v) is 6.10. The summed E-state index contributed by atoms with van der Waals surface area (Å²) < 4.78 is 0. The number of nitrogens with zero attached hydrogens (tertiary/aromatic N) is 2. The van der Waals surface area contributed by atoms with Gasteiger partial charge in [-0.05, 0) is 60.5 Å². The summed E-state index contributed by atoms with van der Waals surface area (Å²) in [6.07, 6.45) is 2.44. The molecule has 0 spiro atoms. The molecule has 0 aliphatic carbocycles. The van der Waals surface area contributed by atoms with Crippen LogP contribution in [0.25, 0.3) is 0 Å². The van der Waals surface area contributed by atoms with Gasteiger partial charge in [-0.3, -0.25) is 15.2 Å². The molecule has 3 aromatic rings. The Hall–Kier alpha value is -2.51. The predicted molar refractivity (Wildman–Crippen MR) is 113 cm³/mol. The first kappa shape index (κ1) is 19.3. The molecule has 0 saturated heterocycles. The Morgan fingerprint density at radius 2 is 2.04 bits per heavy atom. The molecule has 0 bridgehead atoms. The molecule has 0 atom stereocenters. The third-order valence-electron chi connectivity index (χ3n) is 4.01. The van der Waals surface area contributed by atoms with Gasteiger partial charge in [-0.15, -0.1) is 0 Å². The number of aromatic nitrogens is 1. The molecular formula is C20H21N3O2S2. The number of hydrogen-bond acceptors (Lipinski definition) is 7. The summed E-state index contributed by atoms with van der Waals surface area (Å²) in [5.74, 6) is 0.342. The zero-order chi connectivity index (χ0) is 19.4. The number of carbonyl (C=O) groups is 1. The van der Waals surface area contributed by atoms with Crippen LogP contribution in [0.2, 0.25) is 0 Å².